The van der Waals surface area contributed by atoms with Gasteiger partial charge in [0.05, 0.1) is 16.6 Å². The summed E-state index contributed by atoms with van der Waals surface area (Å²) in [6.07, 6.45) is 6.57. The molecule has 0 radical (unpaired) electrons. The van der Waals surface area contributed by atoms with Crippen LogP contribution < -0.4 is 0 Å². The zero-order chi connectivity index (χ0) is 23.2. The van der Waals surface area contributed by atoms with Crippen molar-refractivity contribution in [2.75, 3.05) is 0 Å². The summed E-state index contributed by atoms with van der Waals surface area (Å²) in [5.74, 6) is 1.04. The van der Waals surface area contributed by atoms with Crippen molar-refractivity contribution in [1.82, 2.24) is 5.06 Å². The van der Waals surface area contributed by atoms with Crippen LogP contribution in [0.1, 0.15) is 87.7 Å². The van der Waals surface area contributed by atoms with Crippen molar-refractivity contribution in [3.05, 3.63) is 71.3 Å². The summed E-state index contributed by atoms with van der Waals surface area (Å²) in [4.78, 5) is 19.9. The van der Waals surface area contributed by atoms with Gasteiger partial charge in [-0.2, -0.15) is 5.06 Å². The number of carbonyl (C=O) groups excluding carboxylic acids is 1. The lowest BCUT2D eigenvalue weighted by Crippen LogP contribution is -2.52. The van der Waals surface area contributed by atoms with Gasteiger partial charge < -0.3 is 4.74 Å². The summed E-state index contributed by atoms with van der Waals surface area (Å²) < 4.78 is 6.17. The minimum atomic E-state index is -0.266. The largest absolute Gasteiger partial charge is 0.456 e. The molecule has 0 N–H and O–H groups in total. The van der Waals surface area contributed by atoms with E-state index in [0.717, 1.165) is 12.8 Å². The van der Waals surface area contributed by atoms with Crippen LogP contribution in [0.25, 0.3) is 0 Å². The fraction of sp³-hybridized carbons (Fsp3) is 0.552. The van der Waals surface area contributed by atoms with Gasteiger partial charge in [-0.1, -0.05) is 68.1 Å². The fourth-order valence-electron chi connectivity index (χ4n) is 6.69. The van der Waals surface area contributed by atoms with Gasteiger partial charge >= 0.3 is 5.97 Å². The molecule has 4 nitrogen and oxygen atoms in total. The van der Waals surface area contributed by atoms with Crippen molar-refractivity contribution >= 4 is 5.97 Å². The quantitative estimate of drug-likeness (QED) is 0.495. The second-order valence-electron chi connectivity index (χ2n) is 11.2. The highest BCUT2D eigenvalue weighted by molar-refractivity contribution is 5.89. The van der Waals surface area contributed by atoms with Gasteiger partial charge in [0.1, 0.15) is 12.2 Å². The Morgan fingerprint density at radius 2 is 1.30 bits per heavy atom. The molecule has 0 aromatic heterocycles. The van der Waals surface area contributed by atoms with Gasteiger partial charge in [0.15, 0.2) is 0 Å². The summed E-state index contributed by atoms with van der Waals surface area (Å²) in [5, 5.41) is 2.18. The number of fused-ring (bicyclic) bond motifs is 2. The maximum absolute atomic E-state index is 13.0. The third-order valence-corrected chi connectivity index (χ3v) is 8.32. The number of nitrogens with zero attached hydrogens (tertiary/aromatic N) is 1. The van der Waals surface area contributed by atoms with E-state index in [2.05, 4.69) is 57.0 Å². The maximum Gasteiger partial charge on any atom is 0.338 e. The van der Waals surface area contributed by atoms with E-state index in [4.69, 9.17) is 9.57 Å². The first-order valence-corrected chi connectivity index (χ1v) is 12.6. The van der Waals surface area contributed by atoms with Gasteiger partial charge in [0.25, 0.3) is 0 Å². The molecule has 0 bridgehead atoms. The van der Waals surface area contributed by atoms with E-state index >= 15 is 0 Å². The molecule has 3 aliphatic rings. The molecule has 5 rings (SSSR count). The Balaban J connectivity index is 1.42. The predicted molar refractivity (Wildman–Crippen MR) is 130 cm³/mol. The van der Waals surface area contributed by atoms with Crippen molar-refractivity contribution in [2.45, 2.75) is 89.5 Å². The van der Waals surface area contributed by atoms with Crippen molar-refractivity contribution in [3.8, 4) is 0 Å². The van der Waals surface area contributed by atoms with Gasteiger partial charge in [-0.15, -0.1) is 0 Å². The number of benzene rings is 2. The van der Waals surface area contributed by atoms with Crippen LogP contribution in [0.15, 0.2) is 54.6 Å². The number of ether oxygens (including phenoxy) is 1. The van der Waals surface area contributed by atoms with Gasteiger partial charge in [-0.25, -0.2) is 4.79 Å². The summed E-state index contributed by atoms with van der Waals surface area (Å²) in [6.45, 7) is 8.94. The molecule has 0 saturated heterocycles. The van der Waals surface area contributed by atoms with E-state index in [-0.39, 0.29) is 29.3 Å². The van der Waals surface area contributed by atoms with Crippen molar-refractivity contribution in [1.29, 1.82) is 0 Å². The highest BCUT2D eigenvalue weighted by Crippen LogP contribution is 2.51. The lowest BCUT2D eigenvalue weighted by Gasteiger charge is -2.47. The third kappa shape index (κ3) is 4.02. The lowest BCUT2D eigenvalue weighted by atomic mass is 9.69. The molecule has 2 aromatic carbocycles. The first-order valence-electron chi connectivity index (χ1n) is 12.6. The summed E-state index contributed by atoms with van der Waals surface area (Å²) in [6, 6.07) is 18.0. The molecule has 1 heterocycles. The lowest BCUT2D eigenvalue weighted by molar-refractivity contribution is -0.310. The van der Waals surface area contributed by atoms with Crippen molar-refractivity contribution in [2.24, 2.45) is 11.8 Å². The first-order chi connectivity index (χ1) is 15.8. The SMILES string of the molecule is CC1(C)c2ccccc2C(C)(C)N1O[C@@H]1C[C@@H]2CCCC[C@H]2C[C@@H]1OC(=O)c1ccccc1. The van der Waals surface area contributed by atoms with Crippen LogP contribution in [0.4, 0.5) is 0 Å². The van der Waals surface area contributed by atoms with Crippen LogP contribution in [0.2, 0.25) is 0 Å². The number of hydrogen-bond acceptors (Lipinski definition) is 4. The van der Waals surface area contributed by atoms with Crippen molar-refractivity contribution in [3.63, 3.8) is 0 Å². The third-order valence-electron chi connectivity index (χ3n) is 8.32. The molecular weight excluding hydrogens is 410 g/mol. The Hall–Kier alpha value is -2.17. The molecule has 2 aromatic rings. The van der Waals surface area contributed by atoms with E-state index in [1.807, 2.05) is 30.3 Å². The number of esters is 1. The zero-order valence-electron chi connectivity index (χ0n) is 20.4. The minimum absolute atomic E-state index is 0.134. The molecule has 4 atom stereocenters. The van der Waals surface area contributed by atoms with Crippen LogP contribution in [0.5, 0.6) is 0 Å². The Labute approximate surface area is 198 Å². The summed E-state index contributed by atoms with van der Waals surface area (Å²) in [7, 11) is 0. The molecule has 2 saturated carbocycles. The van der Waals surface area contributed by atoms with E-state index < -0.39 is 0 Å². The Morgan fingerprint density at radius 1 is 0.788 bits per heavy atom. The molecule has 4 heteroatoms. The van der Waals surface area contributed by atoms with Crippen LogP contribution in [-0.4, -0.2) is 23.2 Å². The first kappa shape index (κ1) is 22.6. The number of hydrogen-bond donors (Lipinski definition) is 0. The van der Waals surface area contributed by atoms with E-state index in [1.165, 1.54) is 36.8 Å². The highest BCUT2D eigenvalue weighted by atomic mass is 16.7. The van der Waals surface area contributed by atoms with Crippen LogP contribution in [-0.2, 0) is 20.7 Å². The average molecular weight is 448 g/mol. The van der Waals surface area contributed by atoms with Crippen LogP contribution in [0.3, 0.4) is 0 Å². The molecule has 0 spiro atoms. The Morgan fingerprint density at radius 3 is 1.88 bits per heavy atom. The van der Waals surface area contributed by atoms with Crippen LogP contribution >= 0.6 is 0 Å². The topological polar surface area (TPSA) is 38.8 Å². The minimum Gasteiger partial charge on any atom is -0.456 e. The summed E-state index contributed by atoms with van der Waals surface area (Å²) in [5.41, 5.74) is 2.68. The highest BCUT2D eigenvalue weighted by Gasteiger charge is 2.52. The zero-order valence-corrected chi connectivity index (χ0v) is 20.4. The maximum atomic E-state index is 13.0. The summed E-state index contributed by atoms with van der Waals surface area (Å²) >= 11 is 0. The number of rotatable bonds is 4. The average Bonchev–Trinajstić information content (AvgIpc) is 2.97. The molecule has 2 aliphatic carbocycles. The fourth-order valence-corrected chi connectivity index (χ4v) is 6.69. The second-order valence-corrected chi connectivity index (χ2v) is 11.2. The molecule has 1 aliphatic heterocycles. The van der Waals surface area contributed by atoms with Gasteiger partial charge in [-0.05, 0) is 75.6 Å². The Bertz CT molecular complexity index is 964. The number of carbonyl (C=O) groups is 1. The second kappa shape index (κ2) is 8.56. The smallest absolute Gasteiger partial charge is 0.338 e. The van der Waals surface area contributed by atoms with E-state index in [1.54, 1.807) is 0 Å². The van der Waals surface area contributed by atoms with Gasteiger partial charge in [0.2, 0.25) is 0 Å². The van der Waals surface area contributed by atoms with Gasteiger partial charge in [0, 0.05) is 0 Å². The monoisotopic (exact) mass is 447 g/mol. The standard InChI is InChI=1S/C29H37NO3/c1-28(2)23-16-10-11-17-24(23)29(3,4)30(28)33-26-19-22-15-9-8-14-21(22)18-25(26)32-27(31)20-12-6-5-7-13-20/h5-7,10-13,16-17,21-22,25-26H,8-9,14-15,18-19H2,1-4H3/t21-,22-,25-,26+/m0/s1. The van der Waals surface area contributed by atoms with Gasteiger partial charge in [-0.3, -0.25) is 4.84 Å². The molecule has 33 heavy (non-hydrogen) atoms. The predicted octanol–water partition coefficient (Wildman–Crippen LogP) is 6.60. The Kier molecular flexibility index (Phi) is 5.86. The molecule has 0 unspecified atom stereocenters. The normalized spacial score (nSPS) is 30.3. The molecule has 2 fully saturated rings. The molecule has 176 valence electrons. The molecular formula is C29H37NO3. The molecule has 0 amide bonds. The number of hydroxylamine groups is 2. The van der Waals surface area contributed by atoms with E-state index in [9.17, 15) is 4.79 Å². The van der Waals surface area contributed by atoms with E-state index in [0.29, 0.717) is 17.4 Å². The van der Waals surface area contributed by atoms with Crippen LogP contribution in [0, 0.1) is 11.8 Å². The van der Waals surface area contributed by atoms with Crippen molar-refractivity contribution < 1.29 is 14.4 Å².